The molecule has 0 aliphatic carbocycles. The van der Waals surface area contributed by atoms with Crippen molar-refractivity contribution in [2.75, 3.05) is 0 Å². The predicted octanol–water partition coefficient (Wildman–Crippen LogP) is 1.37. The summed E-state index contributed by atoms with van der Waals surface area (Å²) >= 11 is 1.56. The van der Waals surface area contributed by atoms with Crippen LogP contribution in [0.4, 0.5) is 0 Å². The summed E-state index contributed by atoms with van der Waals surface area (Å²) in [5.41, 5.74) is 5.72. The summed E-state index contributed by atoms with van der Waals surface area (Å²) in [6, 6.07) is 0.127. The third kappa shape index (κ3) is 2.08. The Morgan fingerprint density at radius 3 is 2.62 bits per heavy atom. The maximum absolute atomic E-state index is 5.76. The second-order valence-electron chi connectivity index (χ2n) is 5.15. The van der Waals surface area contributed by atoms with Crippen LogP contribution < -0.4 is 5.73 Å². The van der Waals surface area contributed by atoms with E-state index in [2.05, 4.69) is 36.1 Å². The molecular formula is C10H17N5S. The first-order valence-electron chi connectivity index (χ1n) is 5.35. The minimum Gasteiger partial charge on any atom is -0.328 e. The van der Waals surface area contributed by atoms with Gasteiger partial charge in [0.2, 0.25) is 4.96 Å². The maximum Gasteiger partial charge on any atom is 0.234 e. The Morgan fingerprint density at radius 1 is 1.38 bits per heavy atom. The SMILES string of the molecule is CC(N)Cc1nn2c(C(C)(C)C)nnc2s1. The third-order valence-corrected chi connectivity index (χ3v) is 3.12. The molecule has 0 aromatic carbocycles. The van der Waals surface area contributed by atoms with E-state index >= 15 is 0 Å². The highest BCUT2D eigenvalue weighted by Gasteiger charge is 2.23. The summed E-state index contributed by atoms with van der Waals surface area (Å²) in [7, 11) is 0. The van der Waals surface area contributed by atoms with Crippen molar-refractivity contribution in [2.45, 2.75) is 45.6 Å². The summed E-state index contributed by atoms with van der Waals surface area (Å²) < 4.78 is 1.84. The fraction of sp³-hybridized carbons (Fsp3) is 0.700. The first-order valence-corrected chi connectivity index (χ1v) is 6.17. The van der Waals surface area contributed by atoms with Gasteiger partial charge in [-0.2, -0.15) is 9.61 Å². The topological polar surface area (TPSA) is 69.1 Å². The standard InChI is InChI=1S/C10H17N5S/c1-6(11)5-7-14-15-8(10(2,3)4)12-13-9(15)16-7/h6H,5,11H2,1-4H3. The van der Waals surface area contributed by atoms with Crippen molar-refractivity contribution in [3.05, 3.63) is 10.8 Å². The maximum atomic E-state index is 5.76. The Kier molecular flexibility index (Phi) is 2.71. The Balaban J connectivity index is 2.44. The lowest BCUT2D eigenvalue weighted by Gasteiger charge is -2.13. The van der Waals surface area contributed by atoms with Gasteiger partial charge in [-0.05, 0) is 6.92 Å². The van der Waals surface area contributed by atoms with Crippen LogP contribution in [-0.4, -0.2) is 25.9 Å². The molecular weight excluding hydrogens is 222 g/mol. The summed E-state index contributed by atoms with van der Waals surface area (Å²) in [6.07, 6.45) is 0.789. The normalized spacial score (nSPS) is 14.6. The zero-order chi connectivity index (χ0) is 11.9. The molecule has 0 spiro atoms. The number of nitrogens with zero attached hydrogens (tertiary/aromatic N) is 4. The van der Waals surface area contributed by atoms with E-state index in [0.717, 1.165) is 22.2 Å². The molecule has 0 aliphatic heterocycles. The fourth-order valence-electron chi connectivity index (χ4n) is 1.48. The lowest BCUT2D eigenvalue weighted by Crippen LogP contribution is -2.19. The van der Waals surface area contributed by atoms with Crippen LogP contribution >= 0.6 is 11.3 Å². The van der Waals surface area contributed by atoms with Gasteiger partial charge in [-0.25, -0.2) is 0 Å². The van der Waals surface area contributed by atoms with Gasteiger partial charge in [-0.1, -0.05) is 32.1 Å². The molecule has 0 bridgehead atoms. The first-order chi connectivity index (χ1) is 7.38. The van der Waals surface area contributed by atoms with E-state index in [1.165, 1.54) is 0 Å². The van der Waals surface area contributed by atoms with Gasteiger partial charge in [0.15, 0.2) is 5.82 Å². The van der Waals surface area contributed by atoms with Gasteiger partial charge in [0.05, 0.1) is 0 Å². The lowest BCUT2D eigenvalue weighted by molar-refractivity contribution is 0.526. The molecule has 2 aromatic rings. The predicted molar refractivity (Wildman–Crippen MR) is 64.7 cm³/mol. The van der Waals surface area contributed by atoms with E-state index in [-0.39, 0.29) is 11.5 Å². The van der Waals surface area contributed by atoms with Crippen molar-refractivity contribution in [1.29, 1.82) is 0 Å². The second kappa shape index (κ2) is 3.78. The Morgan fingerprint density at radius 2 is 2.06 bits per heavy atom. The molecule has 0 saturated carbocycles. The smallest absolute Gasteiger partial charge is 0.234 e. The molecule has 88 valence electrons. The molecule has 2 heterocycles. The number of hydrogen-bond donors (Lipinski definition) is 1. The Bertz CT molecular complexity index is 491. The fourth-order valence-corrected chi connectivity index (χ4v) is 2.46. The van der Waals surface area contributed by atoms with Gasteiger partial charge in [-0.3, -0.25) is 0 Å². The number of aromatic nitrogens is 4. The van der Waals surface area contributed by atoms with Crippen molar-refractivity contribution in [1.82, 2.24) is 19.8 Å². The number of fused-ring (bicyclic) bond motifs is 1. The summed E-state index contributed by atoms with van der Waals surface area (Å²) in [6.45, 7) is 8.29. The molecule has 1 atom stereocenters. The summed E-state index contributed by atoms with van der Waals surface area (Å²) in [5.74, 6) is 0.898. The summed E-state index contributed by atoms with van der Waals surface area (Å²) in [5, 5.41) is 13.8. The van der Waals surface area contributed by atoms with E-state index in [1.807, 2.05) is 11.4 Å². The van der Waals surface area contributed by atoms with Crippen LogP contribution in [0.2, 0.25) is 0 Å². The van der Waals surface area contributed by atoms with E-state index in [0.29, 0.717) is 0 Å². The number of hydrogen-bond acceptors (Lipinski definition) is 5. The largest absolute Gasteiger partial charge is 0.328 e. The van der Waals surface area contributed by atoms with Gasteiger partial charge in [0, 0.05) is 17.9 Å². The zero-order valence-corrected chi connectivity index (χ0v) is 10.9. The molecule has 2 N–H and O–H groups in total. The van der Waals surface area contributed by atoms with Gasteiger partial charge < -0.3 is 5.73 Å². The Labute approximate surface area is 98.7 Å². The average Bonchev–Trinajstić information content (AvgIpc) is 2.57. The second-order valence-corrected chi connectivity index (χ2v) is 6.19. The van der Waals surface area contributed by atoms with E-state index < -0.39 is 0 Å². The van der Waals surface area contributed by atoms with Crippen LogP contribution in [0.15, 0.2) is 0 Å². The van der Waals surface area contributed by atoms with Crippen molar-refractivity contribution in [3.63, 3.8) is 0 Å². The Hall–Kier alpha value is -1.01. The average molecular weight is 239 g/mol. The molecule has 2 aromatic heterocycles. The third-order valence-electron chi connectivity index (χ3n) is 2.20. The molecule has 0 fully saturated rings. The van der Waals surface area contributed by atoms with E-state index in [9.17, 15) is 0 Å². The van der Waals surface area contributed by atoms with Gasteiger partial charge in [-0.15, -0.1) is 10.2 Å². The highest BCUT2D eigenvalue weighted by molar-refractivity contribution is 7.16. The van der Waals surface area contributed by atoms with Crippen LogP contribution in [0.5, 0.6) is 0 Å². The van der Waals surface area contributed by atoms with Crippen LogP contribution in [0, 0.1) is 0 Å². The molecule has 2 rings (SSSR count). The van der Waals surface area contributed by atoms with Crippen molar-refractivity contribution >= 4 is 16.3 Å². The molecule has 0 aliphatic rings. The van der Waals surface area contributed by atoms with E-state index in [4.69, 9.17) is 5.73 Å². The molecule has 0 amide bonds. The van der Waals surface area contributed by atoms with Crippen molar-refractivity contribution in [2.24, 2.45) is 5.73 Å². The molecule has 6 heteroatoms. The first kappa shape index (κ1) is 11.5. The van der Waals surface area contributed by atoms with Crippen molar-refractivity contribution in [3.8, 4) is 0 Å². The number of nitrogens with two attached hydrogens (primary N) is 1. The molecule has 0 saturated heterocycles. The monoisotopic (exact) mass is 239 g/mol. The quantitative estimate of drug-likeness (QED) is 0.859. The van der Waals surface area contributed by atoms with Gasteiger partial charge in [0.1, 0.15) is 5.01 Å². The van der Waals surface area contributed by atoms with Crippen LogP contribution in [0.1, 0.15) is 38.5 Å². The minimum absolute atomic E-state index is 0.0426. The molecule has 16 heavy (non-hydrogen) atoms. The van der Waals surface area contributed by atoms with Crippen LogP contribution in [0.25, 0.3) is 4.96 Å². The van der Waals surface area contributed by atoms with Crippen molar-refractivity contribution < 1.29 is 0 Å². The minimum atomic E-state index is -0.0426. The highest BCUT2D eigenvalue weighted by atomic mass is 32.1. The van der Waals surface area contributed by atoms with E-state index in [1.54, 1.807) is 11.3 Å². The van der Waals surface area contributed by atoms with Crippen LogP contribution in [-0.2, 0) is 11.8 Å². The van der Waals surface area contributed by atoms with Gasteiger partial charge >= 0.3 is 0 Å². The molecule has 1 unspecified atom stereocenters. The number of rotatable bonds is 2. The molecule has 5 nitrogen and oxygen atoms in total. The zero-order valence-electron chi connectivity index (χ0n) is 10.1. The molecule has 0 radical (unpaired) electrons. The lowest BCUT2D eigenvalue weighted by atomic mass is 9.96. The highest BCUT2D eigenvalue weighted by Crippen LogP contribution is 2.23. The van der Waals surface area contributed by atoms with Crippen LogP contribution in [0.3, 0.4) is 0 Å². The van der Waals surface area contributed by atoms with Gasteiger partial charge in [0.25, 0.3) is 0 Å². The summed E-state index contributed by atoms with van der Waals surface area (Å²) in [4.78, 5) is 0.848.